The number of anilines is 1. The molecule has 1 N–H and O–H groups in total. The van der Waals surface area contributed by atoms with Gasteiger partial charge in [-0.25, -0.2) is 4.79 Å². The topological polar surface area (TPSA) is 57.6 Å². The number of carboxylic acid groups (broad SMARTS) is 1. The molecule has 0 saturated heterocycles. The Bertz CT molecular complexity index is 456. The highest BCUT2D eigenvalue weighted by Crippen LogP contribution is 2.32. The van der Waals surface area contributed by atoms with Crippen molar-refractivity contribution in [2.75, 3.05) is 4.90 Å². The lowest BCUT2D eigenvalue weighted by molar-refractivity contribution is -0.139. The second kappa shape index (κ2) is 4.57. The summed E-state index contributed by atoms with van der Waals surface area (Å²) in [5, 5.41) is 9.18. The van der Waals surface area contributed by atoms with Crippen LogP contribution in [0.1, 0.15) is 25.3 Å². The first kappa shape index (κ1) is 11.6. The van der Waals surface area contributed by atoms with Gasteiger partial charge in [0.15, 0.2) is 0 Å². The monoisotopic (exact) mass is 233 g/mol. The molecule has 4 heteroatoms. The maximum atomic E-state index is 12.0. The zero-order valence-corrected chi connectivity index (χ0v) is 9.72. The van der Waals surface area contributed by atoms with Crippen molar-refractivity contribution in [1.29, 1.82) is 0 Å². The molecule has 0 bridgehead atoms. The smallest absolute Gasteiger partial charge is 0.327 e. The van der Waals surface area contributed by atoms with Gasteiger partial charge in [0.05, 0.1) is 0 Å². The molecule has 17 heavy (non-hydrogen) atoms. The molecule has 2 rings (SSSR count). The summed E-state index contributed by atoms with van der Waals surface area (Å²) in [6.45, 7) is 1.91. The van der Waals surface area contributed by atoms with Gasteiger partial charge in [-0.2, -0.15) is 0 Å². The predicted octanol–water partition coefficient (Wildman–Crippen LogP) is 1.83. The Morgan fingerprint density at radius 1 is 1.41 bits per heavy atom. The molecule has 1 unspecified atom stereocenters. The van der Waals surface area contributed by atoms with Crippen LogP contribution in [-0.4, -0.2) is 23.0 Å². The number of carbonyl (C=O) groups is 2. The number of nitrogens with zero attached hydrogens (tertiary/aromatic N) is 1. The maximum absolute atomic E-state index is 12.0. The second-order valence-electron chi connectivity index (χ2n) is 4.20. The van der Waals surface area contributed by atoms with Crippen LogP contribution in [0.3, 0.4) is 0 Å². The maximum Gasteiger partial charge on any atom is 0.327 e. The van der Waals surface area contributed by atoms with Crippen molar-refractivity contribution < 1.29 is 14.7 Å². The first-order valence-electron chi connectivity index (χ1n) is 5.78. The van der Waals surface area contributed by atoms with E-state index in [4.69, 9.17) is 0 Å². The molecule has 0 radical (unpaired) electrons. The number of carboxylic acids is 1. The Hall–Kier alpha value is -1.84. The molecule has 1 aromatic carbocycles. The largest absolute Gasteiger partial charge is 0.480 e. The van der Waals surface area contributed by atoms with Crippen LogP contribution in [-0.2, 0) is 16.0 Å². The third kappa shape index (κ3) is 2.02. The van der Waals surface area contributed by atoms with Gasteiger partial charge in [0.1, 0.15) is 6.04 Å². The molecule has 1 atom stereocenters. The fourth-order valence-corrected chi connectivity index (χ4v) is 2.23. The standard InChI is InChI=1S/C13H15NO3/c1-2-5-12(15)14-10-7-4-3-6-9(10)8-11(14)13(16)17/h3-4,6-7,11H,2,5,8H2,1H3,(H,16,17). The highest BCUT2D eigenvalue weighted by atomic mass is 16.4. The molecular formula is C13H15NO3. The van der Waals surface area contributed by atoms with Crippen LogP contribution in [0.4, 0.5) is 5.69 Å². The lowest BCUT2D eigenvalue weighted by Crippen LogP contribution is -2.42. The molecule has 1 aliphatic heterocycles. The van der Waals surface area contributed by atoms with Gasteiger partial charge in [0, 0.05) is 18.5 Å². The van der Waals surface area contributed by atoms with Crippen LogP contribution in [0.5, 0.6) is 0 Å². The summed E-state index contributed by atoms with van der Waals surface area (Å²) in [6, 6.07) is 6.64. The molecule has 1 aromatic rings. The first-order chi connectivity index (χ1) is 8.15. The van der Waals surface area contributed by atoms with Crippen molar-refractivity contribution >= 4 is 17.6 Å². The fourth-order valence-electron chi connectivity index (χ4n) is 2.23. The fraction of sp³-hybridized carbons (Fsp3) is 0.385. The van der Waals surface area contributed by atoms with Gasteiger partial charge in [-0.15, -0.1) is 0 Å². The van der Waals surface area contributed by atoms with Crippen LogP contribution in [0.15, 0.2) is 24.3 Å². The van der Waals surface area contributed by atoms with Crippen LogP contribution in [0.25, 0.3) is 0 Å². The number of amides is 1. The number of aliphatic carboxylic acids is 1. The Balaban J connectivity index is 2.37. The normalized spacial score (nSPS) is 17.9. The van der Waals surface area contributed by atoms with E-state index >= 15 is 0 Å². The Morgan fingerprint density at radius 2 is 2.12 bits per heavy atom. The minimum Gasteiger partial charge on any atom is -0.480 e. The van der Waals surface area contributed by atoms with Crippen LogP contribution in [0, 0.1) is 0 Å². The minimum atomic E-state index is -0.939. The molecule has 0 saturated carbocycles. The number of rotatable bonds is 3. The van der Waals surface area contributed by atoms with Gasteiger partial charge < -0.3 is 5.11 Å². The van der Waals surface area contributed by atoms with Gasteiger partial charge in [-0.05, 0) is 18.1 Å². The number of hydrogen-bond acceptors (Lipinski definition) is 2. The van der Waals surface area contributed by atoms with Crippen molar-refractivity contribution in [2.45, 2.75) is 32.2 Å². The lowest BCUT2D eigenvalue weighted by Gasteiger charge is -2.22. The van der Waals surface area contributed by atoms with Gasteiger partial charge in [0.25, 0.3) is 0 Å². The number of fused-ring (bicyclic) bond motifs is 1. The summed E-state index contributed by atoms with van der Waals surface area (Å²) in [5.41, 5.74) is 1.68. The molecule has 0 aromatic heterocycles. The molecule has 1 amide bonds. The van der Waals surface area contributed by atoms with Crippen LogP contribution in [0.2, 0.25) is 0 Å². The Kier molecular flexibility index (Phi) is 3.13. The second-order valence-corrected chi connectivity index (χ2v) is 4.20. The quantitative estimate of drug-likeness (QED) is 0.866. The van der Waals surface area contributed by atoms with Gasteiger partial charge in [-0.1, -0.05) is 25.1 Å². The molecule has 0 aliphatic carbocycles. The SMILES string of the molecule is CCCC(=O)N1c2ccccc2CC1C(=O)O. The Labute approximate surface area is 99.9 Å². The number of hydrogen-bond donors (Lipinski definition) is 1. The minimum absolute atomic E-state index is 0.107. The lowest BCUT2D eigenvalue weighted by atomic mass is 10.1. The summed E-state index contributed by atoms with van der Waals surface area (Å²) < 4.78 is 0. The zero-order chi connectivity index (χ0) is 12.4. The highest BCUT2D eigenvalue weighted by molar-refractivity contribution is 6.01. The first-order valence-corrected chi connectivity index (χ1v) is 5.78. The highest BCUT2D eigenvalue weighted by Gasteiger charge is 2.37. The third-order valence-electron chi connectivity index (χ3n) is 2.99. The van der Waals surface area contributed by atoms with Crippen molar-refractivity contribution in [3.8, 4) is 0 Å². The van der Waals surface area contributed by atoms with Gasteiger partial charge >= 0.3 is 5.97 Å². The van der Waals surface area contributed by atoms with E-state index in [1.54, 1.807) is 0 Å². The summed E-state index contributed by atoms with van der Waals surface area (Å²) >= 11 is 0. The van der Waals surface area contributed by atoms with Crippen molar-refractivity contribution in [1.82, 2.24) is 0 Å². The van der Waals surface area contributed by atoms with Crippen LogP contribution < -0.4 is 4.90 Å². The van der Waals surface area contributed by atoms with E-state index < -0.39 is 12.0 Å². The zero-order valence-electron chi connectivity index (χ0n) is 9.72. The van der Waals surface area contributed by atoms with Crippen molar-refractivity contribution in [2.24, 2.45) is 0 Å². The molecule has 1 heterocycles. The molecule has 4 nitrogen and oxygen atoms in total. The van der Waals surface area contributed by atoms with Crippen LogP contribution >= 0.6 is 0 Å². The van der Waals surface area contributed by atoms with Crippen molar-refractivity contribution in [3.05, 3.63) is 29.8 Å². The van der Waals surface area contributed by atoms with Gasteiger partial charge in [0.2, 0.25) is 5.91 Å². The summed E-state index contributed by atoms with van der Waals surface area (Å²) in [7, 11) is 0. The van der Waals surface area contributed by atoms with E-state index in [9.17, 15) is 14.7 Å². The predicted molar refractivity (Wildman–Crippen MR) is 64.0 cm³/mol. The van der Waals surface area contributed by atoms with E-state index in [1.165, 1.54) is 4.90 Å². The molecule has 0 fully saturated rings. The molecule has 1 aliphatic rings. The number of carbonyl (C=O) groups excluding carboxylic acids is 1. The molecular weight excluding hydrogens is 218 g/mol. The third-order valence-corrected chi connectivity index (χ3v) is 2.99. The average Bonchev–Trinajstić information content (AvgIpc) is 2.68. The van der Waals surface area contributed by atoms with E-state index in [2.05, 4.69) is 0 Å². The van der Waals surface area contributed by atoms with Gasteiger partial charge in [-0.3, -0.25) is 9.69 Å². The summed E-state index contributed by atoms with van der Waals surface area (Å²) in [5.74, 6) is -1.05. The molecule has 90 valence electrons. The number of para-hydroxylation sites is 1. The average molecular weight is 233 g/mol. The molecule has 0 spiro atoms. The number of benzene rings is 1. The van der Waals surface area contributed by atoms with Crippen molar-refractivity contribution in [3.63, 3.8) is 0 Å². The summed E-state index contributed by atoms with van der Waals surface area (Å²) in [6.07, 6.45) is 1.52. The Morgan fingerprint density at radius 3 is 2.76 bits per heavy atom. The van der Waals surface area contributed by atoms with E-state index in [0.29, 0.717) is 12.8 Å². The summed E-state index contributed by atoms with van der Waals surface area (Å²) in [4.78, 5) is 24.6. The van der Waals surface area contributed by atoms with E-state index in [-0.39, 0.29) is 5.91 Å². The van der Waals surface area contributed by atoms with E-state index in [1.807, 2.05) is 31.2 Å². The van der Waals surface area contributed by atoms with E-state index in [0.717, 1.165) is 17.7 Å².